The molecule has 0 fully saturated rings. The van der Waals surface area contributed by atoms with Gasteiger partial charge < -0.3 is 10.2 Å². The van der Waals surface area contributed by atoms with Crippen LogP contribution in [-0.4, -0.2) is 41.5 Å². The van der Waals surface area contributed by atoms with Crippen LogP contribution in [0.2, 0.25) is 5.02 Å². The van der Waals surface area contributed by atoms with E-state index in [1.807, 2.05) is 14.1 Å². The molecule has 0 saturated heterocycles. The van der Waals surface area contributed by atoms with Crippen LogP contribution >= 0.6 is 11.6 Å². The molecule has 0 radical (unpaired) electrons. The van der Waals surface area contributed by atoms with Gasteiger partial charge in [0, 0.05) is 18.7 Å². The predicted molar refractivity (Wildman–Crippen MR) is 81.3 cm³/mol. The second-order valence-corrected chi connectivity index (χ2v) is 5.92. The Hall–Kier alpha value is -1.40. The summed E-state index contributed by atoms with van der Waals surface area (Å²) in [5.74, 6) is 1.02. The van der Waals surface area contributed by atoms with Crippen molar-refractivity contribution >= 4 is 23.1 Å². The molecule has 112 valence electrons. The fourth-order valence-electron chi connectivity index (χ4n) is 2.02. The maximum Gasteiger partial charge on any atom is 0.289 e. The SMILES string of the molecule is CC(C)CC(CN(C)C)Nc1ncc([N+](=O)[O-])cc1Cl. The van der Waals surface area contributed by atoms with Gasteiger partial charge in [-0.3, -0.25) is 10.1 Å². The van der Waals surface area contributed by atoms with Crippen LogP contribution in [0.3, 0.4) is 0 Å². The summed E-state index contributed by atoms with van der Waals surface area (Å²) in [4.78, 5) is 16.3. The average Bonchev–Trinajstić information content (AvgIpc) is 2.29. The van der Waals surface area contributed by atoms with Crippen molar-refractivity contribution in [3.8, 4) is 0 Å². The maximum atomic E-state index is 10.7. The molecule has 1 unspecified atom stereocenters. The van der Waals surface area contributed by atoms with E-state index in [4.69, 9.17) is 11.6 Å². The lowest BCUT2D eigenvalue weighted by molar-refractivity contribution is -0.385. The third-order valence-electron chi connectivity index (χ3n) is 2.72. The fraction of sp³-hybridized carbons (Fsp3) is 0.615. The van der Waals surface area contributed by atoms with Gasteiger partial charge in [-0.1, -0.05) is 25.4 Å². The zero-order valence-corrected chi connectivity index (χ0v) is 13.0. The van der Waals surface area contributed by atoms with Crippen LogP contribution in [0.4, 0.5) is 11.5 Å². The van der Waals surface area contributed by atoms with Gasteiger partial charge in [-0.05, 0) is 26.4 Å². The number of nitrogens with zero attached hydrogens (tertiary/aromatic N) is 3. The van der Waals surface area contributed by atoms with E-state index in [0.29, 0.717) is 11.7 Å². The third kappa shape index (κ3) is 5.30. The first-order valence-electron chi connectivity index (χ1n) is 6.50. The molecule has 0 aromatic carbocycles. The quantitative estimate of drug-likeness (QED) is 0.619. The summed E-state index contributed by atoms with van der Waals surface area (Å²) in [6, 6.07) is 1.51. The summed E-state index contributed by atoms with van der Waals surface area (Å²) in [5, 5.41) is 14.2. The summed E-state index contributed by atoms with van der Waals surface area (Å²) in [6.45, 7) is 5.14. The molecule has 0 aliphatic heterocycles. The molecule has 1 heterocycles. The Kier molecular flexibility index (Phi) is 6.16. The fourth-order valence-corrected chi connectivity index (χ4v) is 2.23. The van der Waals surface area contributed by atoms with Crippen LogP contribution in [0, 0.1) is 16.0 Å². The van der Waals surface area contributed by atoms with Gasteiger partial charge in [0.25, 0.3) is 5.69 Å². The van der Waals surface area contributed by atoms with Gasteiger partial charge in [0.1, 0.15) is 12.0 Å². The predicted octanol–water partition coefficient (Wildman–Crippen LogP) is 3.03. The molecular weight excluding hydrogens is 280 g/mol. The van der Waals surface area contributed by atoms with Crippen LogP contribution in [0.5, 0.6) is 0 Å². The topological polar surface area (TPSA) is 71.3 Å². The van der Waals surface area contributed by atoms with Crippen molar-refractivity contribution in [2.45, 2.75) is 26.3 Å². The Bertz CT molecular complexity index is 456. The molecule has 1 atom stereocenters. The first kappa shape index (κ1) is 16.7. The lowest BCUT2D eigenvalue weighted by Crippen LogP contribution is -2.33. The van der Waals surface area contributed by atoms with E-state index in [0.717, 1.165) is 13.0 Å². The maximum absolute atomic E-state index is 10.7. The van der Waals surface area contributed by atoms with Crippen molar-refractivity contribution in [3.63, 3.8) is 0 Å². The second kappa shape index (κ2) is 7.40. The Morgan fingerprint density at radius 1 is 1.50 bits per heavy atom. The molecule has 7 heteroatoms. The van der Waals surface area contributed by atoms with E-state index in [9.17, 15) is 10.1 Å². The van der Waals surface area contributed by atoms with E-state index in [1.165, 1.54) is 12.3 Å². The zero-order chi connectivity index (χ0) is 15.3. The molecule has 6 nitrogen and oxygen atoms in total. The molecule has 20 heavy (non-hydrogen) atoms. The van der Waals surface area contributed by atoms with Gasteiger partial charge in [-0.2, -0.15) is 0 Å². The monoisotopic (exact) mass is 300 g/mol. The number of likely N-dealkylation sites (N-methyl/N-ethyl adjacent to an activating group) is 1. The van der Waals surface area contributed by atoms with Crippen molar-refractivity contribution in [1.82, 2.24) is 9.88 Å². The van der Waals surface area contributed by atoms with Crippen molar-refractivity contribution in [2.75, 3.05) is 26.0 Å². The number of anilines is 1. The highest BCUT2D eigenvalue weighted by molar-refractivity contribution is 6.33. The van der Waals surface area contributed by atoms with Crippen LogP contribution in [0.1, 0.15) is 20.3 Å². The minimum absolute atomic E-state index is 0.103. The van der Waals surface area contributed by atoms with Crippen LogP contribution in [-0.2, 0) is 0 Å². The molecule has 1 N–H and O–H groups in total. The minimum Gasteiger partial charge on any atom is -0.365 e. The van der Waals surface area contributed by atoms with Gasteiger partial charge in [0.2, 0.25) is 0 Å². The van der Waals surface area contributed by atoms with E-state index < -0.39 is 4.92 Å². The van der Waals surface area contributed by atoms with Gasteiger partial charge >= 0.3 is 0 Å². The van der Waals surface area contributed by atoms with Crippen LogP contribution in [0.25, 0.3) is 0 Å². The van der Waals surface area contributed by atoms with Crippen LogP contribution in [0.15, 0.2) is 12.3 Å². The Labute approximate surface area is 124 Å². The molecule has 0 aliphatic rings. The minimum atomic E-state index is -0.506. The molecule has 1 aromatic heterocycles. The highest BCUT2D eigenvalue weighted by Gasteiger charge is 2.16. The van der Waals surface area contributed by atoms with Gasteiger partial charge in [0.05, 0.1) is 9.95 Å². The van der Waals surface area contributed by atoms with E-state index in [1.54, 1.807) is 0 Å². The highest BCUT2D eigenvalue weighted by Crippen LogP contribution is 2.25. The molecule has 1 rings (SSSR count). The van der Waals surface area contributed by atoms with Crippen LogP contribution < -0.4 is 5.32 Å². The first-order valence-corrected chi connectivity index (χ1v) is 6.88. The molecule has 1 aromatic rings. The molecule has 0 bridgehead atoms. The standard InChI is InChI=1S/C13H21ClN4O2/c1-9(2)5-10(8-17(3)4)16-13-12(14)6-11(7-15-13)18(19)20/h6-7,9-10H,5,8H2,1-4H3,(H,15,16). The van der Waals surface area contributed by atoms with Gasteiger partial charge in [0.15, 0.2) is 0 Å². The number of pyridine rings is 1. The normalized spacial score (nSPS) is 12.8. The number of hydrogen-bond donors (Lipinski definition) is 1. The number of nitro groups is 1. The molecule has 0 aliphatic carbocycles. The average molecular weight is 301 g/mol. The third-order valence-corrected chi connectivity index (χ3v) is 3.01. The van der Waals surface area contributed by atoms with E-state index >= 15 is 0 Å². The number of nitrogens with one attached hydrogen (secondary N) is 1. The smallest absolute Gasteiger partial charge is 0.289 e. The number of halogens is 1. The molecule has 0 amide bonds. The Morgan fingerprint density at radius 3 is 2.60 bits per heavy atom. The summed E-state index contributed by atoms with van der Waals surface area (Å²) >= 11 is 6.05. The summed E-state index contributed by atoms with van der Waals surface area (Å²) in [5.41, 5.74) is -0.103. The Morgan fingerprint density at radius 2 is 2.15 bits per heavy atom. The van der Waals surface area contributed by atoms with Crippen molar-refractivity contribution in [1.29, 1.82) is 0 Å². The summed E-state index contributed by atoms with van der Waals surface area (Å²) in [6.07, 6.45) is 2.18. The lowest BCUT2D eigenvalue weighted by Gasteiger charge is -2.24. The molecule has 0 spiro atoms. The number of aromatic nitrogens is 1. The molecular formula is C13H21ClN4O2. The molecule has 0 saturated carbocycles. The van der Waals surface area contributed by atoms with Gasteiger partial charge in [-0.15, -0.1) is 0 Å². The van der Waals surface area contributed by atoms with Crippen molar-refractivity contribution in [3.05, 3.63) is 27.4 Å². The summed E-state index contributed by atoms with van der Waals surface area (Å²) < 4.78 is 0. The number of hydrogen-bond acceptors (Lipinski definition) is 5. The summed E-state index contributed by atoms with van der Waals surface area (Å²) in [7, 11) is 4.00. The lowest BCUT2D eigenvalue weighted by atomic mass is 10.0. The number of rotatable bonds is 7. The largest absolute Gasteiger partial charge is 0.365 e. The Balaban J connectivity index is 2.84. The van der Waals surface area contributed by atoms with Gasteiger partial charge in [-0.25, -0.2) is 4.98 Å². The van der Waals surface area contributed by atoms with Crippen molar-refractivity contribution < 1.29 is 4.92 Å². The zero-order valence-electron chi connectivity index (χ0n) is 12.3. The van der Waals surface area contributed by atoms with E-state index in [-0.39, 0.29) is 16.8 Å². The second-order valence-electron chi connectivity index (χ2n) is 5.51. The van der Waals surface area contributed by atoms with Crippen molar-refractivity contribution in [2.24, 2.45) is 5.92 Å². The van der Waals surface area contributed by atoms with E-state index in [2.05, 4.69) is 29.0 Å². The first-order chi connectivity index (χ1) is 9.29. The highest BCUT2D eigenvalue weighted by atomic mass is 35.5.